The second kappa shape index (κ2) is 9.59. The van der Waals surface area contributed by atoms with Crippen LogP contribution in [0.15, 0.2) is 30.6 Å². The summed E-state index contributed by atoms with van der Waals surface area (Å²) < 4.78 is 38.5. The van der Waals surface area contributed by atoms with Crippen LogP contribution >= 0.6 is 0 Å². The van der Waals surface area contributed by atoms with E-state index in [0.29, 0.717) is 31.9 Å². The van der Waals surface area contributed by atoms with Crippen LogP contribution in [0.1, 0.15) is 31.5 Å². The number of nitrogens with one attached hydrogen (secondary N) is 1. The van der Waals surface area contributed by atoms with Gasteiger partial charge in [0.05, 0.1) is 30.1 Å². The van der Waals surface area contributed by atoms with Gasteiger partial charge in [-0.15, -0.1) is 5.10 Å². The lowest BCUT2D eigenvalue weighted by atomic mass is 9.93. The van der Waals surface area contributed by atoms with Gasteiger partial charge in [0, 0.05) is 31.5 Å². The quantitative estimate of drug-likeness (QED) is 0.414. The van der Waals surface area contributed by atoms with Crippen LogP contribution in [0.5, 0.6) is 0 Å². The molecule has 0 bridgehead atoms. The van der Waals surface area contributed by atoms with Crippen molar-refractivity contribution < 1.29 is 18.3 Å². The molecule has 0 aliphatic heterocycles. The standard InChI is InChI=1S/C23H27F2N7O2/c1-14-27-19-8-7-18(29-21(19)31(14)11-12-33-2)17-9-10-32-20(17)13-26-23(30-32)28-15-3-5-16(6-4-15)34-22(24)25/h7-10,13,15-16,22H,3-6,11-12H2,1-2H3,(H,28,30). The number of methoxy groups -OCH3 is 1. The second-order valence-corrected chi connectivity index (χ2v) is 8.50. The van der Waals surface area contributed by atoms with Crippen molar-refractivity contribution in [2.24, 2.45) is 0 Å². The van der Waals surface area contributed by atoms with E-state index in [1.807, 2.05) is 31.3 Å². The molecule has 0 spiro atoms. The Morgan fingerprint density at radius 1 is 1.15 bits per heavy atom. The van der Waals surface area contributed by atoms with Crippen LogP contribution in [0.2, 0.25) is 0 Å². The van der Waals surface area contributed by atoms with Gasteiger partial charge in [-0.2, -0.15) is 8.78 Å². The number of hydrogen-bond donors (Lipinski definition) is 1. The fraction of sp³-hybridized carbons (Fsp3) is 0.478. The summed E-state index contributed by atoms with van der Waals surface area (Å²) in [7, 11) is 1.68. The molecule has 4 aromatic rings. The zero-order valence-corrected chi connectivity index (χ0v) is 19.1. The number of ether oxygens (including phenoxy) is 2. The van der Waals surface area contributed by atoms with Crippen LogP contribution in [-0.2, 0) is 16.0 Å². The van der Waals surface area contributed by atoms with Gasteiger partial charge in [0.1, 0.15) is 11.3 Å². The molecule has 1 N–H and O–H groups in total. The van der Waals surface area contributed by atoms with Crippen molar-refractivity contribution >= 4 is 22.6 Å². The van der Waals surface area contributed by atoms with Crippen molar-refractivity contribution in [3.05, 3.63) is 36.4 Å². The maximum Gasteiger partial charge on any atom is 0.345 e. The molecular formula is C23H27F2N7O2. The Balaban J connectivity index is 1.34. The lowest BCUT2D eigenvalue weighted by molar-refractivity contribution is -0.169. The topological polar surface area (TPSA) is 91.4 Å². The average Bonchev–Trinajstić information content (AvgIpc) is 3.38. The molecule has 34 heavy (non-hydrogen) atoms. The highest BCUT2D eigenvalue weighted by atomic mass is 19.3. The first-order chi connectivity index (χ1) is 16.5. The Hall–Kier alpha value is -3.18. The third-order valence-corrected chi connectivity index (χ3v) is 6.30. The van der Waals surface area contributed by atoms with Gasteiger partial charge in [0.2, 0.25) is 5.95 Å². The summed E-state index contributed by atoms with van der Waals surface area (Å²) in [5.41, 5.74) is 4.24. The van der Waals surface area contributed by atoms with Crippen LogP contribution < -0.4 is 5.32 Å². The van der Waals surface area contributed by atoms with Crippen molar-refractivity contribution in [2.75, 3.05) is 19.0 Å². The van der Waals surface area contributed by atoms with Gasteiger partial charge in [-0.25, -0.2) is 19.5 Å². The molecule has 1 fully saturated rings. The van der Waals surface area contributed by atoms with Crippen molar-refractivity contribution in [3.63, 3.8) is 0 Å². The minimum Gasteiger partial charge on any atom is -0.383 e. The Morgan fingerprint density at radius 3 is 2.74 bits per heavy atom. The summed E-state index contributed by atoms with van der Waals surface area (Å²) in [6.45, 7) is 0.511. The maximum absolute atomic E-state index is 12.4. The summed E-state index contributed by atoms with van der Waals surface area (Å²) in [5, 5.41) is 7.91. The molecule has 0 radical (unpaired) electrons. The Bertz CT molecular complexity index is 1280. The third-order valence-electron chi connectivity index (χ3n) is 6.30. The third kappa shape index (κ3) is 4.58. The molecule has 5 rings (SSSR count). The molecule has 180 valence electrons. The number of fused-ring (bicyclic) bond motifs is 2. The van der Waals surface area contributed by atoms with Crippen molar-refractivity contribution in [1.29, 1.82) is 0 Å². The van der Waals surface area contributed by atoms with Crippen LogP contribution in [-0.4, -0.2) is 61.6 Å². The SMILES string of the molecule is COCCn1c(C)nc2ccc(-c3ccn4nc(NC5CCC(OC(F)F)CC5)ncc34)nc21. The molecule has 0 atom stereocenters. The minimum absolute atomic E-state index is 0.129. The summed E-state index contributed by atoms with van der Waals surface area (Å²) in [5.74, 6) is 1.40. The molecule has 1 aliphatic rings. The van der Waals surface area contributed by atoms with Crippen molar-refractivity contribution in [3.8, 4) is 11.3 Å². The second-order valence-electron chi connectivity index (χ2n) is 8.50. The van der Waals surface area contributed by atoms with Crippen LogP contribution in [0.4, 0.5) is 14.7 Å². The number of halogens is 2. The number of rotatable bonds is 8. The van der Waals surface area contributed by atoms with E-state index >= 15 is 0 Å². The first kappa shape index (κ1) is 22.6. The van der Waals surface area contributed by atoms with E-state index in [0.717, 1.165) is 46.6 Å². The predicted octanol–water partition coefficient (Wildman–Crippen LogP) is 4.06. The summed E-state index contributed by atoms with van der Waals surface area (Å²) in [6, 6.07) is 6.03. The molecule has 4 aromatic heterocycles. The van der Waals surface area contributed by atoms with Gasteiger partial charge in [-0.05, 0) is 50.8 Å². The van der Waals surface area contributed by atoms with Gasteiger partial charge in [0.25, 0.3) is 0 Å². The fourth-order valence-corrected chi connectivity index (χ4v) is 4.57. The average molecular weight is 472 g/mol. The number of aryl methyl sites for hydroxylation is 1. The summed E-state index contributed by atoms with van der Waals surface area (Å²) in [6.07, 6.45) is 5.91. The van der Waals surface area contributed by atoms with Crippen LogP contribution in [0.25, 0.3) is 27.9 Å². The molecule has 11 heteroatoms. The molecule has 0 saturated heterocycles. The smallest absolute Gasteiger partial charge is 0.345 e. The Labute approximate surface area is 195 Å². The van der Waals surface area contributed by atoms with Gasteiger partial charge >= 0.3 is 6.61 Å². The van der Waals surface area contributed by atoms with Crippen molar-refractivity contribution in [2.45, 2.75) is 57.9 Å². The molecule has 0 aromatic carbocycles. The number of hydrogen-bond acceptors (Lipinski definition) is 7. The summed E-state index contributed by atoms with van der Waals surface area (Å²) >= 11 is 0. The lowest BCUT2D eigenvalue weighted by Gasteiger charge is -2.28. The predicted molar refractivity (Wildman–Crippen MR) is 123 cm³/mol. The molecule has 1 aliphatic carbocycles. The molecule has 1 saturated carbocycles. The highest BCUT2D eigenvalue weighted by Gasteiger charge is 2.24. The highest BCUT2D eigenvalue weighted by molar-refractivity contribution is 5.82. The highest BCUT2D eigenvalue weighted by Crippen LogP contribution is 2.27. The number of anilines is 1. The van der Waals surface area contributed by atoms with E-state index in [2.05, 4.69) is 29.7 Å². The Morgan fingerprint density at radius 2 is 1.97 bits per heavy atom. The van der Waals surface area contributed by atoms with E-state index in [1.165, 1.54) is 0 Å². The number of alkyl halides is 2. The largest absolute Gasteiger partial charge is 0.383 e. The Kier molecular flexibility index (Phi) is 6.38. The summed E-state index contributed by atoms with van der Waals surface area (Å²) in [4.78, 5) is 14.0. The van der Waals surface area contributed by atoms with Gasteiger partial charge < -0.3 is 19.4 Å². The van der Waals surface area contributed by atoms with Crippen LogP contribution in [0.3, 0.4) is 0 Å². The van der Waals surface area contributed by atoms with Crippen molar-refractivity contribution in [1.82, 2.24) is 29.1 Å². The fourth-order valence-electron chi connectivity index (χ4n) is 4.57. The molecule has 0 unspecified atom stereocenters. The van der Waals surface area contributed by atoms with Gasteiger partial charge in [0.15, 0.2) is 5.65 Å². The van der Waals surface area contributed by atoms with Crippen LogP contribution in [0, 0.1) is 6.92 Å². The van der Waals surface area contributed by atoms with E-state index in [1.54, 1.807) is 17.8 Å². The number of imidazole rings is 1. The zero-order chi connectivity index (χ0) is 23.7. The first-order valence-corrected chi connectivity index (χ1v) is 11.4. The van der Waals surface area contributed by atoms with Gasteiger partial charge in [-0.1, -0.05) is 0 Å². The monoisotopic (exact) mass is 471 g/mol. The van der Waals surface area contributed by atoms with E-state index in [-0.39, 0.29) is 12.1 Å². The van der Waals surface area contributed by atoms with E-state index in [9.17, 15) is 8.78 Å². The maximum atomic E-state index is 12.4. The molecule has 9 nitrogen and oxygen atoms in total. The number of nitrogens with zero attached hydrogens (tertiary/aromatic N) is 6. The lowest BCUT2D eigenvalue weighted by Crippen LogP contribution is -2.31. The first-order valence-electron chi connectivity index (χ1n) is 11.4. The zero-order valence-electron chi connectivity index (χ0n) is 19.1. The minimum atomic E-state index is -2.71. The molecule has 4 heterocycles. The van der Waals surface area contributed by atoms with E-state index < -0.39 is 6.61 Å². The normalized spacial score (nSPS) is 18.9. The van der Waals surface area contributed by atoms with E-state index in [4.69, 9.17) is 9.72 Å². The number of aromatic nitrogens is 6. The molecule has 0 amide bonds. The molecular weight excluding hydrogens is 444 g/mol. The number of pyridine rings is 1. The van der Waals surface area contributed by atoms with Gasteiger partial charge in [-0.3, -0.25) is 0 Å².